The summed E-state index contributed by atoms with van der Waals surface area (Å²) < 4.78 is 0. The Morgan fingerprint density at radius 2 is 2.29 bits per heavy atom. The molecule has 0 bridgehead atoms. The summed E-state index contributed by atoms with van der Waals surface area (Å²) in [5.74, 6) is 0. The van der Waals surface area contributed by atoms with Crippen molar-refractivity contribution in [3.05, 3.63) is 42.0 Å². The Hall–Kier alpha value is -1.08. The monoisotopic (exact) mass is 189 g/mol. The first-order valence-electron chi connectivity index (χ1n) is 5.26. The summed E-state index contributed by atoms with van der Waals surface area (Å²) >= 11 is 0. The smallest absolute Gasteiger partial charge is 0.0295 e. The van der Waals surface area contributed by atoms with Gasteiger partial charge >= 0.3 is 0 Å². The van der Waals surface area contributed by atoms with Crippen LogP contribution in [0.2, 0.25) is 0 Å². The molecular weight excluding hydrogens is 170 g/mol. The van der Waals surface area contributed by atoms with E-state index in [0.29, 0.717) is 0 Å². The van der Waals surface area contributed by atoms with Gasteiger partial charge in [0.25, 0.3) is 0 Å². The number of nitrogens with two attached hydrogens (primary N) is 1. The Morgan fingerprint density at radius 1 is 1.50 bits per heavy atom. The Labute approximate surface area is 86.6 Å². The molecule has 0 amide bonds. The molecule has 0 aliphatic carbocycles. The first-order valence-corrected chi connectivity index (χ1v) is 5.26. The number of hydrogen-bond acceptors (Lipinski definition) is 1. The summed E-state index contributed by atoms with van der Waals surface area (Å²) in [6, 6.07) is 8.47. The van der Waals surface area contributed by atoms with Gasteiger partial charge in [0.2, 0.25) is 0 Å². The van der Waals surface area contributed by atoms with Gasteiger partial charge < -0.3 is 5.73 Å². The van der Waals surface area contributed by atoms with E-state index in [2.05, 4.69) is 25.6 Å². The van der Waals surface area contributed by atoms with Crippen LogP contribution >= 0.6 is 0 Å². The van der Waals surface area contributed by atoms with E-state index in [1.807, 2.05) is 18.2 Å². The van der Waals surface area contributed by atoms with Crippen molar-refractivity contribution in [3.8, 4) is 0 Å². The lowest BCUT2D eigenvalue weighted by atomic mass is 10.0. The maximum absolute atomic E-state index is 6.07. The molecule has 0 aromatic heterocycles. The minimum atomic E-state index is 0.176. The molecule has 2 N–H and O–H groups in total. The van der Waals surface area contributed by atoms with Crippen LogP contribution in [0.5, 0.6) is 0 Å². The zero-order valence-corrected chi connectivity index (χ0v) is 8.87. The van der Waals surface area contributed by atoms with E-state index in [0.717, 1.165) is 12.0 Å². The normalized spacial score (nSPS) is 12.4. The fourth-order valence-corrected chi connectivity index (χ4v) is 1.51. The molecule has 14 heavy (non-hydrogen) atoms. The molecule has 0 saturated heterocycles. The lowest BCUT2D eigenvalue weighted by Gasteiger charge is -2.11. The highest BCUT2D eigenvalue weighted by Gasteiger charge is 2.04. The molecule has 0 aliphatic heterocycles. The van der Waals surface area contributed by atoms with Crippen LogP contribution in [0.4, 0.5) is 0 Å². The molecule has 1 rings (SSSR count). The van der Waals surface area contributed by atoms with Crippen molar-refractivity contribution in [1.29, 1.82) is 0 Å². The van der Waals surface area contributed by atoms with Crippen LogP contribution < -0.4 is 5.73 Å². The summed E-state index contributed by atoms with van der Waals surface area (Å²) in [6.07, 6.45) is 5.32. The quantitative estimate of drug-likeness (QED) is 0.753. The van der Waals surface area contributed by atoms with E-state index in [-0.39, 0.29) is 6.04 Å². The molecule has 1 aromatic rings. The molecule has 0 unspecified atom stereocenters. The van der Waals surface area contributed by atoms with E-state index >= 15 is 0 Å². The molecule has 76 valence electrons. The maximum Gasteiger partial charge on any atom is 0.0295 e. The third-order valence-corrected chi connectivity index (χ3v) is 2.44. The standard InChI is InChI=1S/C13H19N/c1-3-5-9-13(14)12-8-6-7-11(4-2)10-12/h4,6-8,10,13H,2-3,5,9,14H2,1H3/t13-/m1/s1. The van der Waals surface area contributed by atoms with E-state index in [4.69, 9.17) is 5.73 Å². The zero-order chi connectivity index (χ0) is 10.4. The molecule has 1 heteroatoms. The third-order valence-electron chi connectivity index (χ3n) is 2.44. The molecular formula is C13H19N. The van der Waals surface area contributed by atoms with Crippen molar-refractivity contribution in [2.75, 3.05) is 0 Å². The van der Waals surface area contributed by atoms with E-state index in [1.165, 1.54) is 18.4 Å². The van der Waals surface area contributed by atoms with Crippen LogP contribution in [0.25, 0.3) is 6.08 Å². The van der Waals surface area contributed by atoms with Crippen molar-refractivity contribution in [3.63, 3.8) is 0 Å². The molecule has 0 heterocycles. The van der Waals surface area contributed by atoms with Gasteiger partial charge in [-0.1, -0.05) is 56.7 Å². The van der Waals surface area contributed by atoms with Crippen LogP contribution in [0.1, 0.15) is 43.4 Å². The van der Waals surface area contributed by atoms with Gasteiger partial charge in [-0.3, -0.25) is 0 Å². The molecule has 1 nitrogen and oxygen atoms in total. The minimum Gasteiger partial charge on any atom is -0.324 e. The van der Waals surface area contributed by atoms with Gasteiger partial charge in [0.1, 0.15) is 0 Å². The molecule has 1 aromatic carbocycles. The van der Waals surface area contributed by atoms with E-state index in [1.54, 1.807) is 0 Å². The van der Waals surface area contributed by atoms with Crippen molar-refractivity contribution in [2.24, 2.45) is 5.73 Å². The largest absolute Gasteiger partial charge is 0.324 e. The Kier molecular flexibility index (Phi) is 4.41. The van der Waals surface area contributed by atoms with Crippen molar-refractivity contribution in [2.45, 2.75) is 32.2 Å². The van der Waals surface area contributed by atoms with E-state index < -0.39 is 0 Å². The molecule has 0 saturated carbocycles. The Bertz CT molecular complexity index is 291. The summed E-state index contributed by atoms with van der Waals surface area (Å²) in [7, 11) is 0. The SMILES string of the molecule is C=Cc1cccc([C@H](N)CCCC)c1. The Morgan fingerprint density at radius 3 is 2.93 bits per heavy atom. The third kappa shape index (κ3) is 3.00. The minimum absolute atomic E-state index is 0.176. The lowest BCUT2D eigenvalue weighted by molar-refractivity contribution is 0.603. The number of benzene rings is 1. The van der Waals surface area contributed by atoms with Crippen molar-refractivity contribution >= 4 is 6.08 Å². The predicted octanol–water partition coefficient (Wildman–Crippen LogP) is 3.52. The zero-order valence-electron chi connectivity index (χ0n) is 8.87. The highest BCUT2D eigenvalue weighted by atomic mass is 14.6. The van der Waals surface area contributed by atoms with Gasteiger partial charge in [-0.2, -0.15) is 0 Å². The second kappa shape index (κ2) is 5.61. The summed E-state index contributed by atoms with van der Waals surface area (Å²) in [5.41, 5.74) is 8.44. The average Bonchev–Trinajstić information content (AvgIpc) is 2.26. The van der Waals surface area contributed by atoms with Gasteiger partial charge in [-0.15, -0.1) is 0 Å². The lowest BCUT2D eigenvalue weighted by Crippen LogP contribution is -2.09. The van der Waals surface area contributed by atoms with Gasteiger partial charge in [0, 0.05) is 6.04 Å². The predicted molar refractivity (Wildman–Crippen MR) is 63.0 cm³/mol. The molecule has 1 atom stereocenters. The van der Waals surface area contributed by atoms with Crippen molar-refractivity contribution in [1.82, 2.24) is 0 Å². The second-order valence-corrected chi connectivity index (χ2v) is 3.62. The topological polar surface area (TPSA) is 26.0 Å². The first kappa shape index (κ1) is 11.0. The fourth-order valence-electron chi connectivity index (χ4n) is 1.51. The van der Waals surface area contributed by atoms with Crippen LogP contribution in [-0.4, -0.2) is 0 Å². The number of hydrogen-bond donors (Lipinski definition) is 1. The number of rotatable bonds is 5. The second-order valence-electron chi connectivity index (χ2n) is 3.62. The van der Waals surface area contributed by atoms with Crippen molar-refractivity contribution < 1.29 is 0 Å². The highest BCUT2D eigenvalue weighted by Crippen LogP contribution is 2.18. The van der Waals surface area contributed by atoms with Crippen LogP contribution in [0, 0.1) is 0 Å². The first-order chi connectivity index (χ1) is 6.77. The number of unbranched alkanes of at least 4 members (excludes halogenated alkanes) is 1. The van der Waals surface area contributed by atoms with Crippen LogP contribution in [-0.2, 0) is 0 Å². The highest BCUT2D eigenvalue weighted by molar-refractivity contribution is 5.48. The molecule has 0 aliphatic rings. The fraction of sp³-hybridized carbons (Fsp3) is 0.385. The molecule has 0 spiro atoms. The Balaban J connectivity index is 2.68. The average molecular weight is 189 g/mol. The summed E-state index contributed by atoms with van der Waals surface area (Å²) in [5, 5.41) is 0. The van der Waals surface area contributed by atoms with Gasteiger partial charge in [0.15, 0.2) is 0 Å². The summed E-state index contributed by atoms with van der Waals surface area (Å²) in [4.78, 5) is 0. The molecule has 0 fully saturated rings. The molecule has 0 radical (unpaired) electrons. The van der Waals surface area contributed by atoms with Gasteiger partial charge in [0.05, 0.1) is 0 Å². The summed E-state index contributed by atoms with van der Waals surface area (Å²) in [6.45, 7) is 5.94. The van der Waals surface area contributed by atoms with Crippen LogP contribution in [0.15, 0.2) is 30.8 Å². The van der Waals surface area contributed by atoms with Gasteiger partial charge in [-0.05, 0) is 17.5 Å². The van der Waals surface area contributed by atoms with Crippen LogP contribution in [0.3, 0.4) is 0 Å². The maximum atomic E-state index is 6.07. The van der Waals surface area contributed by atoms with E-state index in [9.17, 15) is 0 Å². The van der Waals surface area contributed by atoms with Gasteiger partial charge in [-0.25, -0.2) is 0 Å².